The number of ether oxygens (including phenoxy) is 1. The molecular formula is C18H23N3O2. The zero-order valence-electron chi connectivity index (χ0n) is 13.6. The number of benzene rings is 1. The van der Waals surface area contributed by atoms with Crippen molar-refractivity contribution in [3.63, 3.8) is 0 Å². The molecule has 23 heavy (non-hydrogen) atoms. The number of aromatic nitrogens is 2. The predicted octanol–water partition coefficient (Wildman–Crippen LogP) is 2.72. The highest BCUT2D eigenvalue weighted by molar-refractivity contribution is 5.91. The number of aryl methyl sites for hydroxylation is 1. The number of carbonyl (C=O) groups excluding carboxylic acids is 1. The van der Waals surface area contributed by atoms with E-state index in [4.69, 9.17) is 4.74 Å². The van der Waals surface area contributed by atoms with Crippen molar-refractivity contribution in [2.75, 3.05) is 13.2 Å². The fraction of sp³-hybridized carbons (Fsp3) is 0.333. The quantitative estimate of drug-likeness (QED) is 0.602. The Morgan fingerprint density at radius 1 is 1.39 bits per heavy atom. The topological polar surface area (TPSA) is 56.1 Å². The molecule has 1 atom stereocenters. The number of hydrogen-bond acceptors (Lipinski definition) is 3. The van der Waals surface area contributed by atoms with Gasteiger partial charge in [-0.25, -0.2) is 0 Å². The Hall–Kier alpha value is -2.40. The van der Waals surface area contributed by atoms with Crippen LogP contribution in [0.4, 0.5) is 0 Å². The van der Waals surface area contributed by atoms with Crippen LogP contribution in [0, 0.1) is 0 Å². The van der Waals surface area contributed by atoms with Crippen LogP contribution in [0.2, 0.25) is 0 Å². The monoisotopic (exact) mass is 313 g/mol. The van der Waals surface area contributed by atoms with Crippen molar-refractivity contribution in [1.82, 2.24) is 15.1 Å². The molecule has 5 heteroatoms. The van der Waals surface area contributed by atoms with Crippen LogP contribution < -0.4 is 5.32 Å². The minimum atomic E-state index is -0.107. The van der Waals surface area contributed by atoms with Gasteiger partial charge in [-0.2, -0.15) is 5.10 Å². The molecule has 0 aliphatic heterocycles. The van der Waals surface area contributed by atoms with Gasteiger partial charge in [0.25, 0.3) is 0 Å². The summed E-state index contributed by atoms with van der Waals surface area (Å²) in [6.07, 6.45) is 7.67. The Morgan fingerprint density at radius 2 is 2.17 bits per heavy atom. The lowest BCUT2D eigenvalue weighted by molar-refractivity contribution is -0.116. The summed E-state index contributed by atoms with van der Waals surface area (Å²) in [6.45, 7) is 3.24. The number of carbonyl (C=O) groups is 1. The molecule has 0 bridgehead atoms. The lowest BCUT2D eigenvalue weighted by Crippen LogP contribution is -2.23. The van der Waals surface area contributed by atoms with E-state index in [-0.39, 0.29) is 12.0 Å². The summed E-state index contributed by atoms with van der Waals surface area (Å²) in [4.78, 5) is 11.7. The fourth-order valence-electron chi connectivity index (χ4n) is 2.12. The van der Waals surface area contributed by atoms with Crippen LogP contribution in [-0.4, -0.2) is 28.8 Å². The molecule has 0 saturated carbocycles. The summed E-state index contributed by atoms with van der Waals surface area (Å²) in [6, 6.07) is 10.1. The summed E-state index contributed by atoms with van der Waals surface area (Å²) >= 11 is 0. The Bertz CT molecular complexity index is 635. The predicted molar refractivity (Wildman–Crippen MR) is 90.7 cm³/mol. The second-order valence-corrected chi connectivity index (χ2v) is 5.35. The molecule has 0 spiro atoms. The van der Waals surface area contributed by atoms with Gasteiger partial charge in [0, 0.05) is 38.0 Å². The van der Waals surface area contributed by atoms with Gasteiger partial charge in [-0.15, -0.1) is 0 Å². The Kier molecular flexibility index (Phi) is 6.56. The van der Waals surface area contributed by atoms with Gasteiger partial charge in [-0.1, -0.05) is 30.3 Å². The lowest BCUT2D eigenvalue weighted by atomic mass is 10.1. The van der Waals surface area contributed by atoms with Gasteiger partial charge in [-0.05, 0) is 25.0 Å². The van der Waals surface area contributed by atoms with Gasteiger partial charge in [0.1, 0.15) is 0 Å². The van der Waals surface area contributed by atoms with Crippen molar-refractivity contribution in [3.05, 3.63) is 59.9 Å². The van der Waals surface area contributed by atoms with Crippen molar-refractivity contribution in [3.8, 4) is 0 Å². The minimum absolute atomic E-state index is 0.0670. The first kappa shape index (κ1) is 17.0. The number of hydrogen-bond donors (Lipinski definition) is 1. The highest BCUT2D eigenvalue weighted by Crippen LogP contribution is 2.15. The summed E-state index contributed by atoms with van der Waals surface area (Å²) < 4.78 is 7.46. The maximum absolute atomic E-state index is 11.7. The van der Waals surface area contributed by atoms with E-state index in [0.717, 1.165) is 17.5 Å². The first-order chi connectivity index (χ1) is 11.1. The maximum Gasteiger partial charge on any atom is 0.244 e. The summed E-state index contributed by atoms with van der Waals surface area (Å²) in [5.41, 5.74) is 2.07. The third-order valence-corrected chi connectivity index (χ3v) is 3.41. The average molecular weight is 313 g/mol. The molecule has 1 amide bonds. The van der Waals surface area contributed by atoms with Crippen LogP contribution in [0.5, 0.6) is 0 Å². The molecule has 1 aromatic carbocycles. The fourth-order valence-corrected chi connectivity index (χ4v) is 2.12. The molecule has 0 fully saturated rings. The largest absolute Gasteiger partial charge is 0.374 e. The second-order valence-electron chi connectivity index (χ2n) is 5.35. The van der Waals surface area contributed by atoms with E-state index in [9.17, 15) is 4.79 Å². The molecule has 2 rings (SSSR count). The van der Waals surface area contributed by atoms with E-state index in [2.05, 4.69) is 22.5 Å². The molecule has 0 aliphatic rings. The van der Waals surface area contributed by atoms with Crippen molar-refractivity contribution in [2.24, 2.45) is 7.05 Å². The van der Waals surface area contributed by atoms with E-state index in [1.165, 1.54) is 6.08 Å². The highest BCUT2D eigenvalue weighted by atomic mass is 16.5. The second kappa shape index (κ2) is 8.90. The highest BCUT2D eigenvalue weighted by Gasteiger charge is 2.04. The summed E-state index contributed by atoms with van der Waals surface area (Å²) in [5.74, 6) is -0.107. The van der Waals surface area contributed by atoms with E-state index >= 15 is 0 Å². The van der Waals surface area contributed by atoms with Crippen LogP contribution in [-0.2, 0) is 16.6 Å². The van der Waals surface area contributed by atoms with Crippen LogP contribution in [0.3, 0.4) is 0 Å². The molecule has 5 nitrogen and oxygen atoms in total. The number of rotatable bonds is 8. The zero-order chi connectivity index (χ0) is 16.5. The average Bonchev–Trinajstić information content (AvgIpc) is 2.98. The van der Waals surface area contributed by atoms with Crippen molar-refractivity contribution in [1.29, 1.82) is 0 Å². The van der Waals surface area contributed by atoms with Crippen LogP contribution in [0.15, 0.2) is 48.8 Å². The molecule has 2 aromatic rings. The van der Waals surface area contributed by atoms with Gasteiger partial charge in [0.05, 0.1) is 12.3 Å². The van der Waals surface area contributed by atoms with Crippen molar-refractivity contribution < 1.29 is 9.53 Å². The molecule has 122 valence electrons. The van der Waals surface area contributed by atoms with E-state index < -0.39 is 0 Å². The van der Waals surface area contributed by atoms with Crippen LogP contribution in [0.25, 0.3) is 6.08 Å². The first-order valence-corrected chi connectivity index (χ1v) is 7.76. The third-order valence-electron chi connectivity index (χ3n) is 3.41. The van der Waals surface area contributed by atoms with Crippen LogP contribution in [0.1, 0.15) is 30.6 Å². The molecule has 0 saturated heterocycles. The van der Waals surface area contributed by atoms with Gasteiger partial charge in [-0.3, -0.25) is 9.48 Å². The number of nitrogens with one attached hydrogen (secondary N) is 1. The SMILES string of the molecule is CC(OCCCNC(=O)C=Cc1cnn(C)c1)c1ccccc1. The van der Waals surface area contributed by atoms with E-state index in [1.54, 1.807) is 17.0 Å². The molecule has 1 heterocycles. The normalized spacial score (nSPS) is 12.4. The van der Waals surface area contributed by atoms with Crippen LogP contribution >= 0.6 is 0 Å². The first-order valence-electron chi connectivity index (χ1n) is 7.76. The maximum atomic E-state index is 11.7. The van der Waals surface area contributed by atoms with E-state index in [1.807, 2.05) is 38.4 Å². The van der Waals surface area contributed by atoms with Gasteiger partial charge in [0.2, 0.25) is 5.91 Å². The van der Waals surface area contributed by atoms with Gasteiger partial charge >= 0.3 is 0 Å². The zero-order valence-corrected chi connectivity index (χ0v) is 13.6. The Balaban J connectivity index is 1.60. The number of nitrogens with zero attached hydrogens (tertiary/aromatic N) is 2. The molecule has 1 N–H and O–H groups in total. The molecule has 1 unspecified atom stereocenters. The van der Waals surface area contributed by atoms with E-state index in [0.29, 0.717) is 13.2 Å². The summed E-state index contributed by atoms with van der Waals surface area (Å²) in [7, 11) is 1.84. The standard InChI is InChI=1S/C18H23N3O2/c1-15(17-7-4-3-5-8-17)23-12-6-11-19-18(22)10-9-16-13-20-21(2)14-16/h3-5,7-10,13-15H,6,11-12H2,1-2H3,(H,19,22). The number of amides is 1. The Labute approximate surface area is 137 Å². The molecule has 1 aromatic heterocycles. The Morgan fingerprint density at radius 3 is 2.87 bits per heavy atom. The molecular weight excluding hydrogens is 290 g/mol. The smallest absolute Gasteiger partial charge is 0.244 e. The molecule has 0 aliphatic carbocycles. The minimum Gasteiger partial charge on any atom is -0.374 e. The summed E-state index contributed by atoms with van der Waals surface area (Å²) in [5, 5.41) is 6.88. The van der Waals surface area contributed by atoms with Gasteiger partial charge < -0.3 is 10.1 Å². The van der Waals surface area contributed by atoms with Crippen molar-refractivity contribution >= 4 is 12.0 Å². The van der Waals surface area contributed by atoms with Gasteiger partial charge in [0.15, 0.2) is 0 Å². The third kappa shape index (κ3) is 6.08. The molecule has 0 radical (unpaired) electrons. The lowest BCUT2D eigenvalue weighted by Gasteiger charge is -2.13. The van der Waals surface area contributed by atoms with Crippen molar-refractivity contribution in [2.45, 2.75) is 19.4 Å².